The van der Waals surface area contributed by atoms with Gasteiger partial charge in [0.25, 0.3) is 0 Å². The van der Waals surface area contributed by atoms with E-state index in [9.17, 15) is 9.59 Å². The highest BCUT2D eigenvalue weighted by atomic mass is 127. The molecule has 0 bridgehead atoms. The molecule has 2 saturated heterocycles. The smallest absolute Gasteiger partial charge is 0.236 e. The van der Waals surface area contributed by atoms with Crippen molar-refractivity contribution in [1.82, 2.24) is 25.3 Å². The predicted molar refractivity (Wildman–Crippen MR) is 126 cm³/mol. The fourth-order valence-electron chi connectivity index (χ4n) is 3.75. The van der Waals surface area contributed by atoms with E-state index in [1.54, 1.807) is 0 Å². The number of hydrogen-bond donors (Lipinski definition) is 2. The van der Waals surface area contributed by atoms with Gasteiger partial charge in [0.1, 0.15) is 0 Å². The van der Waals surface area contributed by atoms with Crippen LogP contribution in [-0.2, 0) is 9.59 Å². The van der Waals surface area contributed by atoms with E-state index in [1.807, 2.05) is 4.90 Å². The van der Waals surface area contributed by atoms with Gasteiger partial charge < -0.3 is 20.4 Å². The zero-order chi connectivity index (χ0) is 19.8. The van der Waals surface area contributed by atoms with Crippen LogP contribution >= 0.6 is 24.0 Å². The Morgan fingerprint density at radius 3 is 2.31 bits per heavy atom. The van der Waals surface area contributed by atoms with Crippen molar-refractivity contribution < 1.29 is 9.59 Å². The molecule has 3 aliphatic rings. The van der Waals surface area contributed by atoms with Crippen molar-refractivity contribution in [3.63, 3.8) is 0 Å². The first-order valence-electron chi connectivity index (χ1n) is 11.0. The van der Waals surface area contributed by atoms with Crippen LogP contribution in [0.2, 0.25) is 0 Å². The highest BCUT2D eigenvalue weighted by Crippen LogP contribution is 2.18. The number of nitrogens with zero attached hydrogens (tertiary/aromatic N) is 4. The Labute approximate surface area is 191 Å². The van der Waals surface area contributed by atoms with E-state index in [4.69, 9.17) is 4.99 Å². The molecular weight excluding hydrogens is 483 g/mol. The lowest BCUT2D eigenvalue weighted by Crippen LogP contribution is -2.54. The summed E-state index contributed by atoms with van der Waals surface area (Å²) in [6.45, 7) is 9.47. The van der Waals surface area contributed by atoms with Crippen LogP contribution in [0.3, 0.4) is 0 Å². The minimum atomic E-state index is 0. The molecule has 9 heteroatoms. The Morgan fingerprint density at radius 2 is 1.69 bits per heavy atom. The van der Waals surface area contributed by atoms with Crippen LogP contribution in [0.1, 0.15) is 45.4 Å². The summed E-state index contributed by atoms with van der Waals surface area (Å²) in [7, 11) is 0. The highest BCUT2D eigenvalue weighted by Gasteiger charge is 2.25. The van der Waals surface area contributed by atoms with E-state index in [-0.39, 0.29) is 35.8 Å². The van der Waals surface area contributed by atoms with Crippen molar-refractivity contribution >= 4 is 41.8 Å². The SMILES string of the molecule is CCNC(=NCCCC(=O)NC1CC1)N1CCN(CC(=O)N2CCCC2)CC1.I. The van der Waals surface area contributed by atoms with Crippen molar-refractivity contribution in [2.45, 2.75) is 51.5 Å². The third kappa shape index (κ3) is 8.27. The zero-order valence-corrected chi connectivity index (χ0v) is 20.0. The molecule has 3 rings (SSSR count). The fraction of sp³-hybridized carbons (Fsp3) is 0.850. The minimum absolute atomic E-state index is 0. The molecule has 1 saturated carbocycles. The number of halogens is 1. The molecule has 0 radical (unpaired) electrons. The molecule has 1 aliphatic carbocycles. The van der Waals surface area contributed by atoms with E-state index in [0.29, 0.717) is 25.6 Å². The van der Waals surface area contributed by atoms with Gasteiger partial charge in [0.05, 0.1) is 6.54 Å². The lowest BCUT2D eigenvalue weighted by molar-refractivity contribution is -0.131. The number of piperazine rings is 1. The maximum Gasteiger partial charge on any atom is 0.236 e. The maximum absolute atomic E-state index is 12.3. The van der Waals surface area contributed by atoms with Crippen molar-refractivity contribution in [3.8, 4) is 0 Å². The second-order valence-electron chi connectivity index (χ2n) is 8.03. The first-order valence-corrected chi connectivity index (χ1v) is 11.0. The number of hydrogen-bond acceptors (Lipinski definition) is 4. The Hall–Kier alpha value is -1.10. The van der Waals surface area contributed by atoms with Gasteiger partial charge in [-0.05, 0) is 39.0 Å². The average molecular weight is 520 g/mol. The average Bonchev–Trinajstić information content (AvgIpc) is 3.32. The van der Waals surface area contributed by atoms with Crippen LogP contribution in [-0.4, -0.2) is 97.4 Å². The summed E-state index contributed by atoms with van der Waals surface area (Å²) >= 11 is 0. The first kappa shape index (κ1) is 24.2. The predicted octanol–water partition coefficient (Wildman–Crippen LogP) is 0.869. The topological polar surface area (TPSA) is 80.3 Å². The van der Waals surface area contributed by atoms with Crippen molar-refractivity contribution in [1.29, 1.82) is 0 Å². The van der Waals surface area contributed by atoms with Crippen LogP contribution in [0.15, 0.2) is 4.99 Å². The quantitative estimate of drug-likeness (QED) is 0.215. The highest BCUT2D eigenvalue weighted by molar-refractivity contribution is 14.0. The van der Waals surface area contributed by atoms with Gasteiger partial charge in [-0.2, -0.15) is 0 Å². The summed E-state index contributed by atoms with van der Waals surface area (Å²) in [5, 5.41) is 6.39. The minimum Gasteiger partial charge on any atom is -0.357 e. The number of amides is 2. The molecule has 0 unspecified atom stereocenters. The number of guanidine groups is 1. The third-order valence-electron chi connectivity index (χ3n) is 5.59. The molecular formula is C20H37IN6O2. The second kappa shape index (κ2) is 12.6. The molecule has 0 aromatic carbocycles. The Morgan fingerprint density at radius 1 is 1.00 bits per heavy atom. The van der Waals surface area contributed by atoms with E-state index in [0.717, 1.165) is 83.9 Å². The number of carbonyl (C=O) groups is 2. The van der Waals surface area contributed by atoms with Crippen LogP contribution in [0.4, 0.5) is 0 Å². The monoisotopic (exact) mass is 520 g/mol. The summed E-state index contributed by atoms with van der Waals surface area (Å²) < 4.78 is 0. The molecule has 3 fully saturated rings. The van der Waals surface area contributed by atoms with E-state index < -0.39 is 0 Å². The summed E-state index contributed by atoms with van der Waals surface area (Å²) in [5.74, 6) is 1.35. The van der Waals surface area contributed by atoms with Gasteiger partial charge in [-0.15, -0.1) is 24.0 Å². The van der Waals surface area contributed by atoms with Crippen molar-refractivity contribution in [2.75, 3.05) is 58.9 Å². The Balaban J connectivity index is 0.00000300. The van der Waals surface area contributed by atoms with Gasteiger partial charge in [0.2, 0.25) is 11.8 Å². The Kier molecular flexibility index (Phi) is 10.5. The molecule has 2 amide bonds. The summed E-state index contributed by atoms with van der Waals surface area (Å²) in [5.41, 5.74) is 0. The number of likely N-dealkylation sites (tertiary alicyclic amines) is 1. The van der Waals surface area contributed by atoms with Gasteiger partial charge in [0.15, 0.2) is 5.96 Å². The van der Waals surface area contributed by atoms with Gasteiger partial charge in [-0.1, -0.05) is 0 Å². The maximum atomic E-state index is 12.3. The number of aliphatic imine (C=N–C) groups is 1. The standard InChI is InChI=1S/C20H36N6O2.HI/c1-2-21-20(22-9-5-6-18(27)23-17-7-8-17)26-14-12-24(13-15-26)16-19(28)25-10-3-4-11-25;/h17H,2-16H2,1H3,(H,21,22)(H,23,27);1H. The number of rotatable bonds is 8. The third-order valence-corrected chi connectivity index (χ3v) is 5.59. The van der Waals surface area contributed by atoms with Gasteiger partial charge in [0, 0.05) is 64.8 Å². The summed E-state index contributed by atoms with van der Waals surface area (Å²) in [6, 6.07) is 0.432. The fourth-order valence-corrected chi connectivity index (χ4v) is 3.75. The van der Waals surface area contributed by atoms with Crippen LogP contribution < -0.4 is 10.6 Å². The molecule has 0 aromatic rings. The molecule has 2 N–H and O–H groups in total. The second-order valence-corrected chi connectivity index (χ2v) is 8.03. The van der Waals surface area contributed by atoms with Crippen LogP contribution in [0.5, 0.6) is 0 Å². The molecule has 0 aromatic heterocycles. The van der Waals surface area contributed by atoms with Gasteiger partial charge in [-0.25, -0.2) is 0 Å². The normalized spacial score (nSPS) is 20.4. The van der Waals surface area contributed by atoms with Gasteiger partial charge in [-0.3, -0.25) is 19.5 Å². The summed E-state index contributed by atoms with van der Waals surface area (Å²) in [4.78, 5) is 35.3. The molecule has 8 nitrogen and oxygen atoms in total. The van der Waals surface area contributed by atoms with Crippen molar-refractivity contribution in [3.05, 3.63) is 0 Å². The van der Waals surface area contributed by atoms with E-state index in [1.165, 1.54) is 0 Å². The Bertz CT molecular complexity index is 555. The van der Waals surface area contributed by atoms with Crippen LogP contribution in [0, 0.1) is 0 Å². The molecule has 2 aliphatic heterocycles. The van der Waals surface area contributed by atoms with E-state index >= 15 is 0 Å². The zero-order valence-electron chi connectivity index (χ0n) is 17.7. The van der Waals surface area contributed by atoms with Crippen molar-refractivity contribution in [2.24, 2.45) is 4.99 Å². The largest absolute Gasteiger partial charge is 0.357 e. The van der Waals surface area contributed by atoms with E-state index in [2.05, 4.69) is 27.4 Å². The summed E-state index contributed by atoms with van der Waals surface area (Å²) in [6.07, 6.45) is 5.87. The van der Waals surface area contributed by atoms with Gasteiger partial charge >= 0.3 is 0 Å². The molecule has 0 atom stereocenters. The molecule has 0 spiro atoms. The molecule has 166 valence electrons. The lowest BCUT2D eigenvalue weighted by Gasteiger charge is -2.36. The molecule has 2 heterocycles. The first-order chi connectivity index (χ1) is 13.7. The number of nitrogens with one attached hydrogen (secondary N) is 2. The number of carbonyl (C=O) groups excluding carboxylic acids is 2. The lowest BCUT2D eigenvalue weighted by atomic mass is 10.3. The van der Waals surface area contributed by atoms with Crippen LogP contribution in [0.25, 0.3) is 0 Å². The molecule has 29 heavy (non-hydrogen) atoms.